The van der Waals surface area contributed by atoms with Gasteiger partial charge in [0.25, 0.3) is 5.91 Å². The minimum absolute atomic E-state index is 0.161. The van der Waals surface area contributed by atoms with Crippen molar-refractivity contribution >= 4 is 29.2 Å². The molecule has 0 unspecified atom stereocenters. The molecule has 158 valence electrons. The molecule has 0 atom stereocenters. The lowest BCUT2D eigenvalue weighted by molar-refractivity contribution is -0.116. The van der Waals surface area contributed by atoms with Crippen LogP contribution in [0.3, 0.4) is 0 Å². The van der Waals surface area contributed by atoms with Crippen LogP contribution in [0, 0.1) is 6.92 Å². The second-order valence-electron chi connectivity index (χ2n) is 6.81. The van der Waals surface area contributed by atoms with Gasteiger partial charge in [0.1, 0.15) is 11.5 Å². The fraction of sp³-hybridized carbons (Fsp3) is 0.143. The minimum atomic E-state index is -0.424. The van der Waals surface area contributed by atoms with E-state index in [2.05, 4.69) is 15.6 Å². The summed E-state index contributed by atoms with van der Waals surface area (Å²) in [6.07, 6.45) is 1.54. The maximum atomic E-state index is 12.9. The van der Waals surface area contributed by atoms with E-state index in [0.717, 1.165) is 0 Å². The van der Waals surface area contributed by atoms with Crippen molar-refractivity contribution in [1.82, 2.24) is 19.8 Å². The third-order valence-corrected chi connectivity index (χ3v) is 4.65. The molecule has 31 heavy (non-hydrogen) atoms. The molecule has 0 aliphatic carbocycles. The normalized spacial score (nSPS) is 10.8. The molecule has 4 rings (SSSR count). The summed E-state index contributed by atoms with van der Waals surface area (Å²) in [5, 5.41) is 11.3. The number of halogens is 1. The number of hydrogen-bond donors (Lipinski definition) is 1. The Labute approximate surface area is 182 Å². The monoisotopic (exact) mass is 439 g/mol. The zero-order chi connectivity index (χ0) is 22.0. The maximum absolute atomic E-state index is 12.9. The molecule has 0 saturated heterocycles. The Kier molecular flexibility index (Phi) is 5.59. The topological polar surface area (TPSA) is 106 Å². The van der Waals surface area contributed by atoms with Crippen LogP contribution in [-0.2, 0) is 4.79 Å². The second-order valence-corrected chi connectivity index (χ2v) is 7.25. The van der Waals surface area contributed by atoms with E-state index in [1.165, 1.54) is 18.2 Å². The van der Waals surface area contributed by atoms with Crippen LogP contribution in [0.15, 0.2) is 63.7 Å². The number of carbonyl (C=O) groups is 2. The summed E-state index contributed by atoms with van der Waals surface area (Å²) in [4.78, 5) is 26.4. The lowest BCUT2D eigenvalue weighted by atomic mass is 10.2. The highest BCUT2D eigenvalue weighted by Gasteiger charge is 2.22. The molecule has 1 aromatic carbocycles. The first-order valence-corrected chi connectivity index (χ1v) is 9.67. The van der Waals surface area contributed by atoms with Gasteiger partial charge in [-0.25, -0.2) is 4.68 Å². The van der Waals surface area contributed by atoms with E-state index in [4.69, 9.17) is 20.5 Å². The number of anilines is 1. The number of rotatable bonds is 6. The summed E-state index contributed by atoms with van der Waals surface area (Å²) >= 11 is 5.99. The quantitative estimate of drug-likeness (QED) is 0.489. The van der Waals surface area contributed by atoms with Gasteiger partial charge in [-0.2, -0.15) is 5.10 Å². The lowest BCUT2D eigenvalue weighted by Crippen LogP contribution is -2.35. The summed E-state index contributed by atoms with van der Waals surface area (Å²) < 4.78 is 12.0. The van der Waals surface area contributed by atoms with Crippen molar-refractivity contribution in [2.24, 2.45) is 0 Å². The van der Waals surface area contributed by atoms with Crippen molar-refractivity contribution in [3.8, 4) is 17.1 Å². The number of hydrogen-bond acceptors (Lipinski definition) is 6. The number of nitrogens with zero attached hydrogens (tertiary/aromatic N) is 4. The van der Waals surface area contributed by atoms with E-state index < -0.39 is 11.8 Å². The average Bonchev–Trinajstić information content (AvgIpc) is 3.48. The Hall–Kier alpha value is -3.85. The number of likely N-dealkylation sites (N-methyl/N-ethyl adjacent to an activating group) is 1. The van der Waals surface area contributed by atoms with Crippen molar-refractivity contribution in [3.05, 3.63) is 71.3 Å². The van der Waals surface area contributed by atoms with E-state index in [0.29, 0.717) is 27.9 Å². The number of amides is 2. The van der Waals surface area contributed by atoms with Gasteiger partial charge in [-0.05, 0) is 43.3 Å². The van der Waals surface area contributed by atoms with Gasteiger partial charge in [-0.15, -0.1) is 0 Å². The zero-order valence-corrected chi connectivity index (χ0v) is 17.5. The first-order chi connectivity index (χ1) is 14.9. The zero-order valence-electron chi connectivity index (χ0n) is 16.7. The van der Waals surface area contributed by atoms with Crippen molar-refractivity contribution in [2.75, 3.05) is 18.9 Å². The fourth-order valence-electron chi connectivity index (χ4n) is 2.95. The number of benzene rings is 1. The first kappa shape index (κ1) is 20.4. The molecule has 3 aromatic heterocycles. The van der Waals surface area contributed by atoms with Crippen LogP contribution in [-0.4, -0.2) is 45.2 Å². The van der Waals surface area contributed by atoms with Gasteiger partial charge in [0.15, 0.2) is 17.3 Å². The highest BCUT2D eigenvalue weighted by Crippen LogP contribution is 2.25. The van der Waals surface area contributed by atoms with E-state index in [1.807, 2.05) is 0 Å². The van der Waals surface area contributed by atoms with Gasteiger partial charge < -0.3 is 19.2 Å². The molecule has 4 aromatic rings. The molecule has 0 fully saturated rings. The third kappa shape index (κ3) is 4.51. The van der Waals surface area contributed by atoms with E-state index in [-0.39, 0.29) is 18.1 Å². The van der Waals surface area contributed by atoms with Gasteiger partial charge in [-0.1, -0.05) is 16.8 Å². The van der Waals surface area contributed by atoms with Crippen molar-refractivity contribution in [2.45, 2.75) is 6.92 Å². The number of nitrogens with one attached hydrogen (secondary N) is 1. The average molecular weight is 440 g/mol. The van der Waals surface area contributed by atoms with Gasteiger partial charge in [-0.3, -0.25) is 9.59 Å². The molecule has 0 aliphatic rings. The summed E-state index contributed by atoms with van der Waals surface area (Å²) in [7, 11) is 1.52. The molecule has 0 aliphatic heterocycles. The highest BCUT2D eigenvalue weighted by molar-refractivity contribution is 6.30. The molecule has 0 bridgehead atoms. The maximum Gasteiger partial charge on any atom is 0.274 e. The summed E-state index contributed by atoms with van der Waals surface area (Å²) in [6, 6.07) is 13.8. The van der Waals surface area contributed by atoms with Crippen molar-refractivity contribution < 1.29 is 18.5 Å². The van der Waals surface area contributed by atoms with E-state index >= 15 is 0 Å². The predicted molar refractivity (Wildman–Crippen MR) is 113 cm³/mol. The minimum Gasteiger partial charge on any atom is -0.463 e. The molecule has 1 N–H and O–H groups in total. The molecule has 0 saturated carbocycles. The molecule has 0 radical (unpaired) electrons. The number of furan rings is 1. The Morgan fingerprint density at radius 2 is 1.97 bits per heavy atom. The summed E-state index contributed by atoms with van der Waals surface area (Å²) in [5.74, 6) is 0.566. The smallest absolute Gasteiger partial charge is 0.274 e. The largest absolute Gasteiger partial charge is 0.463 e. The van der Waals surface area contributed by atoms with Crippen LogP contribution >= 0.6 is 11.6 Å². The Bertz CT molecular complexity index is 1210. The van der Waals surface area contributed by atoms with Gasteiger partial charge >= 0.3 is 0 Å². The number of aryl methyl sites for hydroxylation is 1. The molecule has 9 nitrogen and oxygen atoms in total. The molecule has 3 heterocycles. The fourth-order valence-corrected chi connectivity index (χ4v) is 3.08. The Balaban J connectivity index is 1.56. The van der Waals surface area contributed by atoms with Crippen LogP contribution in [0.5, 0.6) is 0 Å². The number of carbonyl (C=O) groups excluding carboxylic acids is 2. The second kappa shape index (κ2) is 8.49. The van der Waals surface area contributed by atoms with Crippen LogP contribution in [0.2, 0.25) is 5.02 Å². The predicted octanol–water partition coefficient (Wildman–Crippen LogP) is 3.79. The lowest BCUT2D eigenvalue weighted by Gasteiger charge is -2.14. The van der Waals surface area contributed by atoms with Crippen LogP contribution < -0.4 is 5.32 Å². The van der Waals surface area contributed by atoms with Crippen molar-refractivity contribution in [1.29, 1.82) is 0 Å². The summed E-state index contributed by atoms with van der Waals surface area (Å²) in [5.41, 5.74) is 1.46. The summed E-state index contributed by atoms with van der Waals surface area (Å²) in [6.45, 7) is 1.53. The molecular weight excluding hydrogens is 422 g/mol. The molecule has 0 spiro atoms. The number of aromatic nitrogens is 3. The standard InChI is InChI=1S/C21H18ClN5O4/c1-13-10-19(25-31-13)23-20(28)12-26(2)21(29)16-11-17(18-4-3-9-30-18)27(24-16)15-7-5-14(22)6-8-15/h3-11H,12H2,1-2H3,(H,23,25,28). The van der Waals surface area contributed by atoms with E-state index in [9.17, 15) is 9.59 Å². The SMILES string of the molecule is Cc1cc(NC(=O)CN(C)C(=O)c2cc(-c3ccco3)n(-c3ccc(Cl)cc3)n2)no1. The van der Waals surface area contributed by atoms with Crippen LogP contribution in [0.4, 0.5) is 5.82 Å². The first-order valence-electron chi connectivity index (χ1n) is 9.29. The van der Waals surface area contributed by atoms with Crippen molar-refractivity contribution in [3.63, 3.8) is 0 Å². The van der Waals surface area contributed by atoms with Crippen LogP contribution in [0.25, 0.3) is 17.1 Å². The molecule has 10 heteroatoms. The van der Waals surface area contributed by atoms with Gasteiger partial charge in [0.2, 0.25) is 5.91 Å². The molecular formula is C21H18ClN5O4. The Morgan fingerprint density at radius 3 is 2.61 bits per heavy atom. The molecule has 2 amide bonds. The highest BCUT2D eigenvalue weighted by atomic mass is 35.5. The van der Waals surface area contributed by atoms with Gasteiger partial charge in [0, 0.05) is 24.2 Å². The van der Waals surface area contributed by atoms with Crippen LogP contribution in [0.1, 0.15) is 16.2 Å². The Morgan fingerprint density at radius 1 is 1.19 bits per heavy atom. The van der Waals surface area contributed by atoms with Gasteiger partial charge in [0.05, 0.1) is 18.5 Å². The van der Waals surface area contributed by atoms with E-state index in [1.54, 1.807) is 60.1 Å². The third-order valence-electron chi connectivity index (χ3n) is 4.40.